The molecule has 2 aliphatic heterocycles. The first-order valence-electron chi connectivity index (χ1n) is 9.04. The highest BCUT2D eigenvalue weighted by Crippen LogP contribution is 2.41. The Balaban J connectivity index is 1.83. The van der Waals surface area contributed by atoms with Crippen LogP contribution in [0.3, 0.4) is 0 Å². The fourth-order valence-electron chi connectivity index (χ4n) is 4.32. The fourth-order valence-corrected chi connectivity index (χ4v) is 4.32. The first kappa shape index (κ1) is 15.6. The highest BCUT2D eigenvalue weighted by molar-refractivity contribution is 5.96. The molecule has 1 saturated heterocycles. The van der Waals surface area contributed by atoms with Gasteiger partial charge in [0.2, 0.25) is 5.43 Å². The summed E-state index contributed by atoms with van der Waals surface area (Å²) in [4.78, 5) is 30.9. The number of carbonyl (C=O) groups is 1. The Morgan fingerprint density at radius 2 is 2.12 bits per heavy atom. The van der Waals surface area contributed by atoms with E-state index in [0.29, 0.717) is 6.04 Å². The summed E-state index contributed by atoms with van der Waals surface area (Å²) in [6.07, 6.45) is 11.2. The van der Waals surface area contributed by atoms with E-state index in [2.05, 4.69) is 22.0 Å². The molecule has 1 aliphatic carbocycles. The average molecular weight is 352 g/mol. The third-order valence-corrected chi connectivity index (χ3v) is 5.68. The lowest BCUT2D eigenvalue weighted by atomic mass is 10.1. The summed E-state index contributed by atoms with van der Waals surface area (Å²) in [5.74, 6) is -1.20. The number of rotatable bonds is 2. The van der Waals surface area contributed by atoms with Crippen molar-refractivity contribution in [2.24, 2.45) is 5.73 Å². The molecule has 134 valence electrons. The first-order chi connectivity index (χ1) is 12.5. The van der Waals surface area contributed by atoms with Crippen molar-refractivity contribution in [1.29, 1.82) is 0 Å². The van der Waals surface area contributed by atoms with Gasteiger partial charge < -0.3 is 20.3 Å². The molecule has 1 saturated carbocycles. The van der Waals surface area contributed by atoms with E-state index in [-0.39, 0.29) is 23.2 Å². The number of nitrogens with zero attached hydrogens (tertiary/aromatic N) is 3. The van der Waals surface area contributed by atoms with Crippen LogP contribution in [0.25, 0.3) is 17.1 Å². The van der Waals surface area contributed by atoms with Gasteiger partial charge in [0, 0.05) is 36.4 Å². The Morgan fingerprint density at radius 3 is 2.85 bits per heavy atom. The third-order valence-electron chi connectivity index (χ3n) is 5.68. The van der Waals surface area contributed by atoms with Gasteiger partial charge in [0.25, 0.3) is 0 Å². The van der Waals surface area contributed by atoms with E-state index in [4.69, 9.17) is 5.73 Å². The van der Waals surface area contributed by atoms with Crippen LogP contribution < -0.4 is 16.1 Å². The van der Waals surface area contributed by atoms with Gasteiger partial charge in [0.15, 0.2) is 0 Å². The molecular formula is C19H20N4O3. The highest BCUT2D eigenvalue weighted by atomic mass is 16.4. The van der Waals surface area contributed by atoms with Gasteiger partial charge in [-0.25, -0.2) is 9.78 Å². The van der Waals surface area contributed by atoms with Gasteiger partial charge >= 0.3 is 5.97 Å². The molecule has 0 bridgehead atoms. The van der Waals surface area contributed by atoms with Crippen LogP contribution in [0.1, 0.15) is 47.6 Å². The molecule has 2 atom stereocenters. The van der Waals surface area contributed by atoms with Crippen LogP contribution in [0, 0.1) is 0 Å². The Morgan fingerprint density at radius 1 is 1.31 bits per heavy atom. The maximum absolute atomic E-state index is 12.7. The van der Waals surface area contributed by atoms with Crippen LogP contribution in [0.15, 0.2) is 23.3 Å². The molecular weight excluding hydrogens is 332 g/mol. The van der Waals surface area contributed by atoms with Crippen molar-refractivity contribution in [3.8, 4) is 0 Å². The molecule has 3 aliphatic rings. The van der Waals surface area contributed by atoms with Crippen LogP contribution in [0.4, 0.5) is 5.69 Å². The maximum Gasteiger partial charge on any atom is 0.341 e. The molecule has 2 fully saturated rings. The summed E-state index contributed by atoms with van der Waals surface area (Å²) in [5.41, 5.74) is 8.37. The molecule has 7 heteroatoms. The minimum Gasteiger partial charge on any atom is -0.477 e. The SMILES string of the molecule is N[C@H]1C[C@H]2CC=Cc3c(cnc4c(=O)c(C(=O)O)cn(C5CC5)c34)N2C1. The Kier molecular flexibility index (Phi) is 3.24. The van der Waals surface area contributed by atoms with Crippen LogP contribution >= 0.6 is 0 Å². The van der Waals surface area contributed by atoms with E-state index >= 15 is 0 Å². The predicted molar refractivity (Wildman–Crippen MR) is 98.6 cm³/mol. The van der Waals surface area contributed by atoms with E-state index in [1.807, 2.05) is 4.57 Å². The van der Waals surface area contributed by atoms with Gasteiger partial charge in [-0.15, -0.1) is 0 Å². The summed E-state index contributed by atoms with van der Waals surface area (Å²) in [6.45, 7) is 0.771. The van der Waals surface area contributed by atoms with Gasteiger partial charge in [-0.1, -0.05) is 12.2 Å². The molecule has 0 radical (unpaired) electrons. The molecule has 5 rings (SSSR count). The first-order valence-corrected chi connectivity index (χ1v) is 9.04. The van der Waals surface area contributed by atoms with Gasteiger partial charge in [0.1, 0.15) is 11.1 Å². The lowest BCUT2D eigenvalue weighted by molar-refractivity contribution is 0.0695. The summed E-state index contributed by atoms with van der Waals surface area (Å²) in [7, 11) is 0. The minimum absolute atomic E-state index is 0.134. The number of hydrogen-bond acceptors (Lipinski definition) is 5. The number of nitrogens with two attached hydrogens (primary N) is 1. The Labute approximate surface area is 149 Å². The summed E-state index contributed by atoms with van der Waals surface area (Å²) < 4.78 is 1.95. The zero-order valence-electron chi connectivity index (χ0n) is 14.3. The van der Waals surface area contributed by atoms with E-state index in [0.717, 1.165) is 49.0 Å². The van der Waals surface area contributed by atoms with E-state index in [1.165, 1.54) is 6.20 Å². The Hall–Kier alpha value is -2.67. The van der Waals surface area contributed by atoms with Crippen molar-refractivity contribution < 1.29 is 9.90 Å². The number of carboxylic acids is 1. The average Bonchev–Trinajstić information content (AvgIpc) is 3.40. The van der Waals surface area contributed by atoms with Gasteiger partial charge in [-0.3, -0.25) is 4.79 Å². The molecule has 26 heavy (non-hydrogen) atoms. The van der Waals surface area contributed by atoms with Crippen molar-refractivity contribution in [3.05, 3.63) is 39.8 Å². The predicted octanol–water partition coefficient (Wildman–Crippen LogP) is 1.75. The number of fused-ring (bicyclic) bond motifs is 5. The molecule has 2 aromatic rings. The van der Waals surface area contributed by atoms with Gasteiger partial charge in [0.05, 0.1) is 17.4 Å². The molecule has 4 heterocycles. The number of hydrogen-bond donors (Lipinski definition) is 2. The number of carboxylic acid groups (broad SMARTS) is 1. The van der Waals surface area contributed by atoms with Crippen molar-refractivity contribution in [1.82, 2.24) is 9.55 Å². The number of aromatic nitrogens is 2. The number of aromatic carboxylic acids is 1. The smallest absolute Gasteiger partial charge is 0.341 e. The maximum atomic E-state index is 12.7. The second-order valence-electron chi connectivity index (χ2n) is 7.51. The second-order valence-corrected chi connectivity index (χ2v) is 7.51. The van der Waals surface area contributed by atoms with E-state index in [1.54, 1.807) is 6.20 Å². The minimum atomic E-state index is -1.20. The Bertz CT molecular complexity index is 1020. The van der Waals surface area contributed by atoms with Crippen molar-refractivity contribution in [3.63, 3.8) is 0 Å². The molecule has 0 amide bonds. The molecule has 0 unspecified atom stereocenters. The van der Waals surface area contributed by atoms with Crippen molar-refractivity contribution in [2.75, 3.05) is 11.4 Å². The molecule has 2 aromatic heterocycles. The molecule has 7 nitrogen and oxygen atoms in total. The fraction of sp³-hybridized carbons (Fsp3) is 0.421. The zero-order valence-corrected chi connectivity index (χ0v) is 14.3. The van der Waals surface area contributed by atoms with Crippen LogP contribution in [-0.4, -0.2) is 39.3 Å². The quantitative estimate of drug-likeness (QED) is 0.854. The van der Waals surface area contributed by atoms with Gasteiger partial charge in [-0.05, 0) is 25.7 Å². The normalized spacial score (nSPS) is 24.4. The second kappa shape index (κ2) is 5.41. The highest BCUT2D eigenvalue weighted by Gasteiger charge is 2.34. The number of pyridine rings is 2. The lowest BCUT2D eigenvalue weighted by Gasteiger charge is -2.26. The topological polar surface area (TPSA) is 101 Å². The van der Waals surface area contributed by atoms with E-state index < -0.39 is 11.4 Å². The third kappa shape index (κ3) is 2.20. The van der Waals surface area contributed by atoms with Crippen LogP contribution in [0.2, 0.25) is 0 Å². The van der Waals surface area contributed by atoms with Crippen LogP contribution in [0.5, 0.6) is 0 Å². The van der Waals surface area contributed by atoms with Crippen LogP contribution in [-0.2, 0) is 0 Å². The zero-order chi connectivity index (χ0) is 18.0. The number of anilines is 1. The largest absolute Gasteiger partial charge is 0.477 e. The monoisotopic (exact) mass is 352 g/mol. The lowest BCUT2D eigenvalue weighted by Crippen LogP contribution is -2.31. The summed E-state index contributed by atoms with van der Waals surface area (Å²) in [6, 6.07) is 0.717. The van der Waals surface area contributed by atoms with Crippen molar-refractivity contribution >= 4 is 28.8 Å². The molecule has 0 aromatic carbocycles. The standard InChI is InChI=1S/C19H20N4O3/c20-10-6-12-2-1-3-13-15(22(12)8-10)7-21-16-17(13)23(11-4-5-11)9-14(18(16)24)19(25)26/h1,3,7,9-12H,2,4-6,8,20H2,(H,25,26)/t10-,12+/m0/s1. The summed E-state index contributed by atoms with van der Waals surface area (Å²) >= 11 is 0. The van der Waals surface area contributed by atoms with Crippen molar-refractivity contribution in [2.45, 2.75) is 43.8 Å². The van der Waals surface area contributed by atoms with E-state index in [9.17, 15) is 14.7 Å². The van der Waals surface area contributed by atoms with Gasteiger partial charge in [-0.2, -0.15) is 0 Å². The molecule has 3 N–H and O–H groups in total. The molecule has 0 spiro atoms. The summed E-state index contributed by atoms with van der Waals surface area (Å²) in [5, 5.41) is 9.41.